The molecule has 1 aromatic heterocycles. The zero-order chi connectivity index (χ0) is 13.0. The largest absolute Gasteiger partial charge is 0.379 e. The number of nitrogens with zero attached hydrogens (tertiary/aromatic N) is 1. The van der Waals surface area contributed by atoms with Gasteiger partial charge >= 0.3 is 0 Å². The first-order valence-electron chi connectivity index (χ1n) is 6.79. The molecule has 1 heterocycles. The van der Waals surface area contributed by atoms with E-state index in [1.807, 2.05) is 12.3 Å². The monoisotopic (exact) mass is 264 g/mol. The standard InChI is InChI=1S/C15H21ClN2/c1-14(2)10-4-6-15(3,8-10)13(14)18-12-9-17-7-5-11(12)16/h5,7,9-10,13,18H,4,6,8H2,1-3H3/t10-,13?,15+/m0/s1. The summed E-state index contributed by atoms with van der Waals surface area (Å²) >= 11 is 6.24. The molecule has 0 amide bonds. The summed E-state index contributed by atoms with van der Waals surface area (Å²) in [6.45, 7) is 7.21. The Balaban J connectivity index is 1.91. The van der Waals surface area contributed by atoms with Gasteiger partial charge in [0, 0.05) is 12.2 Å². The predicted molar refractivity (Wildman–Crippen MR) is 75.9 cm³/mol. The van der Waals surface area contributed by atoms with Gasteiger partial charge < -0.3 is 5.32 Å². The van der Waals surface area contributed by atoms with E-state index in [0.29, 0.717) is 16.9 Å². The Bertz CT molecular complexity index is 467. The van der Waals surface area contributed by atoms with E-state index in [9.17, 15) is 0 Å². The predicted octanol–water partition coefficient (Wildman–Crippen LogP) is 4.36. The second kappa shape index (κ2) is 3.86. The topological polar surface area (TPSA) is 24.9 Å². The number of hydrogen-bond acceptors (Lipinski definition) is 2. The van der Waals surface area contributed by atoms with Crippen molar-refractivity contribution in [3.8, 4) is 0 Å². The Hall–Kier alpha value is -0.760. The van der Waals surface area contributed by atoms with Gasteiger partial charge in [-0.05, 0) is 42.1 Å². The molecule has 0 spiro atoms. The molecule has 18 heavy (non-hydrogen) atoms. The van der Waals surface area contributed by atoms with Gasteiger partial charge in [-0.1, -0.05) is 32.4 Å². The number of anilines is 1. The number of fused-ring (bicyclic) bond motifs is 2. The molecular weight excluding hydrogens is 244 g/mol. The van der Waals surface area contributed by atoms with Crippen LogP contribution in [-0.4, -0.2) is 11.0 Å². The van der Waals surface area contributed by atoms with Gasteiger partial charge in [-0.15, -0.1) is 0 Å². The highest BCUT2D eigenvalue weighted by Crippen LogP contribution is 2.63. The van der Waals surface area contributed by atoms with E-state index < -0.39 is 0 Å². The van der Waals surface area contributed by atoms with Crippen molar-refractivity contribution in [3.63, 3.8) is 0 Å². The molecule has 0 aliphatic heterocycles. The molecule has 3 atom stereocenters. The van der Waals surface area contributed by atoms with Crippen LogP contribution < -0.4 is 5.32 Å². The fourth-order valence-electron chi connectivity index (χ4n) is 4.30. The highest BCUT2D eigenvalue weighted by Gasteiger charge is 2.59. The molecule has 2 bridgehead atoms. The van der Waals surface area contributed by atoms with Crippen LogP contribution in [0.4, 0.5) is 5.69 Å². The van der Waals surface area contributed by atoms with Crippen LogP contribution in [0.25, 0.3) is 0 Å². The van der Waals surface area contributed by atoms with Gasteiger partial charge in [0.05, 0.1) is 16.9 Å². The van der Waals surface area contributed by atoms with E-state index in [0.717, 1.165) is 16.6 Å². The molecule has 2 aliphatic rings. The minimum absolute atomic E-state index is 0.339. The average Bonchev–Trinajstić information content (AvgIpc) is 2.78. The quantitative estimate of drug-likeness (QED) is 0.858. The number of halogens is 1. The highest BCUT2D eigenvalue weighted by atomic mass is 35.5. The van der Waals surface area contributed by atoms with Crippen LogP contribution in [0.2, 0.25) is 5.02 Å². The average molecular weight is 265 g/mol. The van der Waals surface area contributed by atoms with Crippen LogP contribution in [0.3, 0.4) is 0 Å². The molecule has 2 saturated carbocycles. The molecule has 2 aliphatic carbocycles. The van der Waals surface area contributed by atoms with Crippen LogP contribution in [0.15, 0.2) is 18.5 Å². The Morgan fingerprint density at radius 3 is 2.78 bits per heavy atom. The summed E-state index contributed by atoms with van der Waals surface area (Å²) in [5.74, 6) is 0.843. The first-order chi connectivity index (χ1) is 8.43. The van der Waals surface area contributed by atoms with E-state index in [-0.39, 0.29) is 0 Å². The second-order valence-corrected chi connectivity index (χ2v) is 7.26. The van der Waals surface area contributed by atoms with E-state index in [1.54, 1.807) is 6.20 Å². The maximum atomic E-state index is 6.24. The van der Waals surface area contributed by atoms with Gasteiger partial charge in [-0.25, -0.2) is 0 Å². The Kier molecular flexibility index (Phi) is 2.64. The normalized spacial score (nSPS) is 36.9. The summed E-state index contributed by atoms with van der Waals surface area (Å²) in [6, 6.07) is 2.34. The Labute approximate surface area is 114 Å². The SMILES string of the molecule is CC1(C)C(Nc2cnccc2Cl)[C@]2(C)CC[C@H]1C2. The highest BCUT2D eigenvalue weighted by molar-refractivity contribution is 6.33. The molecule has 1 aromatic rings. The lowest BCUT2D eigenvalue weighted by Gasteiger charge is -2.43. The van der Waals surface area contributed by atoms with Crippen molar-refractivity contribution in [1.82, 2.24) is 4.98 Å². The lowest BCUT2D eigenvalue weighted by atomic mass is 9.68. The molecule has 0 saturated heterocycles. The molecule has 3 heteroatoms. The molecule has 2 nitrogen and oxygen atoms in total. The number of rotatable bonds is 2. The number of aromatic nitrogens is 1. The van der Waals surface area contributed by atoms with Crippen molar-refractivity contribution < 1.29 is 0 Å². The fraction of sp³-hybridized carbons (Fsp3) is 0.667. The zero-order valence-corrected chi connectivity index (χ0v) is 12.1. The minimum Gasteiger partial charge on any atom is -0.379 e. The first kappa shape index (κ1) is 12.3. The maximum Gasteiger partial charge on any atom is 0.0718 e. The molecule has 98 valence electrons. The van der Waals surface area contributed by atoms with Crippen LogP contribution in [0, 0.1) is 16.7 Å². The van der Waals surface area contributed by atoms with Crippen LogP contribution in [0.1, 0.15) is 40.0 Å². The van der Waals surface area contributed by atoms with Gasteiger partial charge in [0.25, 0.3) is 0 Å². The van der Waals surface area contributed by atoms with Crippen LogP contribution in [0.5, 0.6) is 0 Å². The summed E-state index contributed by atoms with van der Waals surface area (Å²) < 4.78 is 0. The summed E-state index contributed by atoms with van der Waals surface area (Å²) in [7, 11) is 0. The fourth-order valence-corrected chi connectivity index (χ4v) is 4.46. The van der Waals surface area contributed by atoms with Crippen LogP contribution >= 0.6 is 11.6 Å². The smallest absolute Gasteiger partial charge is 0.0718 e. The molecule has 1 unspecified atom stereocenters. The third kappa shape index (κ3) is 1.65. The number of pyridine rings is 1. The minimum atomic E-state index is 0.339. The van der Waals surface area contributed by atoms with Crippen molar-refractivity contribution in [2.75, 3.05) is 5.32 Å². The lowest BCUT2D eigenvalue weighted by Crippen LogP contribution is -2.45. The zero-order valence-electron chi connectivity index (χ0n) is 11.3. The third-order valence-electron chi connectivity index (χ3n) is 5.34. The third-order valence-corrected chi connectivity index (χ3v) is 5.67. The van der Waals surface area contributed by atoms with Crippen molar-refractivity contribution in [1.29, 1.82) is 0 Å². The van der Waals surface area contributed by atoms with Gasteiger partial charge in [-0.3, -0.25) is 4.98 Å². The molecule has 2 fully saturated rings. The Morgan fingerprint density at radius 1 is 1.39 bits per heavy atom. The van der Waals surface area contributed by atoms with Gasteiger partial charge in [-0.2, -0.15) is 0 Å². The van der Waals surface area contributed by atoms with E-state index >= 15 is 0 Å². The lowest BCUT2D eigenvalue weighted by molar-refractivity contribution is 0.155. The Morgan fingerprint density at radius 2 is 2.17 bits per heavy atom. The molecule has 1 N–H and O–H groups in total. The second-order valence-electron chi connectivity index (χ2n) is 6.85. The molecule has 3 rings (SSSR count). The maximum absolute atomic E-state index is 6.24. The van der Waals surface area contributed by atoms with Crippen molar-refractivity contribution in [2.45, 2.75) is 46.1 Å². The van der Waals surface area contributed by atoms with Crippen molar-refractivity contribution >= 4 is 17.3 Å². The number of nitrogens with one attached hydrogen (secondary N) is 1. The molecule has 0 aromatic carbocycles. The van der Waals surface area contributed by atoms with Gasteiger partial charge in [0.2, 0.25) is 0 Å². The molecular formula is C15H21ClN2. The molecule has 0 radical (unpaired) electrons. The van der Waals surface area contributed by atoms with E-state index in [2.05, 4.69) is 31.1 Å². The first-order valence-corrected chi connectivity index (χ1v) is 7.17. The summed E-state index contributed by atoms with van der Waals surface area (Å²) in [5, 5.41) is 4.45. The van der Waals surface area contributed by atoms with Gasteiger partial charge in [0.15, 0.2) is 0 Å². The summed E-state index contributed by atoms with van der Waals surface area (Å²) in [5.41, 5.74) is 1.73. The summed E-state index contributed by atoms with van der Waals surface area (Å²) in [6.07, 6.45) is 7.63. The number of hydrogen-bond donors (Lipinski definition) is 1. The van der Waals surface area contributed by atoms with E-state index in [1.165, 1.54) is 19.3 Å². The van der Waals surface area contributed by atoms with Crippen molar-refractivity contribution in [3.05, 3.63) is 23.5 Å². The van der Waals surface area contributed by atoms with Crippen LogP contribution in [-0.2, 0) is 0 Å². The van der Waals surface area contributed by atoms with E-state index in [4.69, 9.17) is 11.6 Å². The summed E-state index contributed by atoms with van der Waals surface area (Å²) in [4.78, 5) is 4.17. The van der Waals surface area contributed by atoms with Gasteiger partial charge in [0.1, 0.15) is 0 Å². The van der Waals surface area contributed by atoms with Crippen molar-refractivity contribution in [2.24, 2.45) is 16.7 Å².